The summed E-state index contributed by atoms with van der Waals surface area (Å²) >= 11 is 0. The van der Waals surface area contributed by atoms with Crippen LogP contribution in [0.25, 0.3) is 0 Å². The molecular formula is C20H26N2O3S. The number of sulfonamides is 1. The lowest BCUT2D eigenvalue weighted by Gasteiger charge is -2.41. The standard InChI is InChI=1S/C20H26N2O3S/c1-14(2)22-18(13-15-9-11-16(12-10-15)21(3)4)20(23)17-7-5-6-8-19(17)26(22,24)25/h5-12,14,18,20,23H,13H2,1-4H3/t18-,20-/m0/s1. The lowest BCUT2D eigenvalue weighted by atomic mass is 9.95. The number of fused-ring (bicyclic) bond motifs is 1. The molecule has 0 bridgehead atoms. The molecule has 0 fully saturated rings. The van der Waals surface area contributed by atoms with E-state index in [1.165, 1.54) is 4.31 Å². The predicted octanol–water partition coefficient (Wildman–Crippen LogP) is 2.81. The van der Waals surface area contributed by atoms with Gasteiger partial charge in [-0.3, -0.25) is 0 Å². The van der Waals surface area contributed by atoms with Gasteiger partial charge in [-0.1, -0.05) is 30.3 Å². The van der Waals surface area contributed by atoms with Gasteiger partial charge in [0.05, 0.1) is 17.0 Å². The topological polar surface area (TPSA) is 60.9 Å². The lowest BCUT2D eigenvalue weighted by molar-refractivity contribution is 0.0685. The van der Waals surface area contributed by atoms with Crippen molar-refractivity contribution in [1.82, 2.24) is 4.31 Å². The molecule has 5 nitrogen and oxygen atoms in total. The average Bonchev–Trinajstić information content (AvgIpc) is 2.59. The second-order valence-corrected chi connectivity index (χ2v) is 9.06. The highest BCUT2D eigenvalue weighted by Gasteiger charge is 2.44. The molecule has 1 N–H and O–H groups in total. The SMILES string of the molecule is CC(C)N1[C@@H](Cc2ccc(N(C)C)cc2)[C@@H](O)c2ccccc2S1(=O)=O. The van der Waals surface area contributed by atoms with Crippen LogP contribution in [0.4, 0.5) is 5.69 Å². The Morgan fingerprint density at radius 3 is 2.27 bits per heavy atom. The lowest BCUT2D eigenvalue weighted by Crippen LogP contribution is -2.52. The largest absolute Gasteiger partial charge is 0.387 e. The minimum absolute atomic E-state index is 0.209. The summed E-state index contributed by atoms with van der Waals surface area (Å²) in [6.45, 7) is 3.70. The van der Waals surface area contributed by atoms with E-state index in [-0.39, 0.29) is 10.9 Å². The first-order chi connectivity index (χ1) is 12.2. The maximum atomic E-state index is 13.1. The number of hydrogen-bond donors (Lipinski definition) is 1. The van der Waals surface area contributed by atoms with Crippen molar-refractivity contribution in [3.8, 4) is 0 Å². The Morgan fingerprint density at radius 1 is 1.08 bits per heavy atom. The summed E-state index contributed by atoms with van der Waals surface area (Å²) in [6.07, 6.45) is -0.397. The first-order valence-electron chi connectivity index (χ1n) is 8.80. The van der Waals surface area contributed by atoms with E-state index in [1.807, 2.05) is 57.1 Å². The number of nitrogens with zero attached hydrogens (tertiary/aromatic N) is 2. The van der Waals surface area contributed by atoms with Crippen LogP contribution in [0, 0.1) is 0 Å². The Morgan fingerprint density at radius 2 is 1.69 bits per heavy atom. The van der Waals surface area contributed by atoms with Gasteiger partial charge in [-0.05, 0) is 44.0 Å². The Labute approximate surface area is 155 Å². The number of benzene rings is 2. The zero-order valence-electron chi connectivity index (χ0n) is 15.6. The Kier molecular flexibility index (Phi) is 5.10. The van der Waals surface area contributed by atoms with Crippen LogP contribution in [0.5, 0.6) is 0 Å². The normalized spacial score (nSPS) is 22.2. The van der Waals surface area contributed by atoms with E-state index in [4.69, 9.17) is 0 Å². The molecule has 6 heteroatoms. The molecular weight excluding hydrogens is 348 g/mol. The fraction of sp³-hybridized carbons (Fsp3) is 0.400. The first kappa shape index (κ1) is 18.9. The van der Waals surface area contributed by atoms with E-state index in [2.05, 4.69) is 0 Å². The van der Waals surface area contributed by atoms with Crippen LogP contribution in [-0.4, -0.2) is 44.0 Å². The maximum absolute atomic E-state index is 13.1. The van der Waals surface area contributed by atoms with Crippen molar-refractivity contribution in [1.29, 1.82) is 0 Å². The van der Waals surface area contributed by atoms with Gasteiger partial charge >= 0.3 is 0 Å². The van der Waals surface area contributed by atoms with Crippen molar-refractivity contribution in [3.63, 3.8) is 0 Å². The van der Waals surface area contributed by atoms with Crippen molar-refractivity contribution in [2.45, 2.75) is 43.4 Å². The van der Waals surface area contributed by atoms with Crippen molar-refractivity contribution < 1.29 is 13.5 Å². The van der Waals surface area contributed by atoms with Crippen LogP contribution >= 0.6 is 0 Å². The van der Waals surface area contributed by atoms with Gasteiger partial charge in [0, 0.05) is 31.4 Å². The highest BCUT2D eigenvalue weighted by Crippen LogP contribution is 2.39. The predicted molar refractivity (Wildman–Crippen MR) is 104 cm³/mol. The second-order valence-electron chi connectivity index (χ2n) is 7.24. The molecule has 140 valence electrons. The van der Waals surface area contributed by atoms with Crippen LogP contribution in [0.1, 0.15) is 31.1 Å². The van der Waals surface area contributed by atoms with Crippen LogP contribution in [0.15, 0.2) is 53.4 Å². The van der Waals surface area contributed by atoms with Gasteiger partial charge in [0.2, 0.25) is 10.0 Å². The molecule has 0 aromatic heterocycles. The molecule has 0 unspecified atom stereocenters. The fourth-order valence-corrected chi connectivity index (χ4v) is 5.70. The van der Waals surface area contributed by atoms with Crippen LogP contribution in [0.3, 0.4) is 0 Å². The monoisotopic (exact) mass is 374 g/mol. The Bertz CT molecular complexity index is 876. The summed E-state index contributed by atoms with van der Waals surface area (Å²) < 4.78 is 27.7. The third kappa shape index (κ3) is 3.24. The molecule has 1 heterocycles. The van der Waals surface area contributed by atoms with Gasteiger partial charge in [0.1, 0.15) is 0 Å². The number of aliphatic hydroxyl groups excluding tert-OH is 1. The minimum Gasteiger partial charge on any atom is -0.387 e. The van der Waals surface area contributed by atoms with Crippen LogP contribution in [-0.2, 0) is 16.4 Å². The Balaban J connectivity index is 2.02. The molecule has 3 rings (SSSR count). The Hall–Kier alpha value is -1.89. The van der Waals surface area contributed by atoms with Gasteiger partial charge < -0.3 is 10.0 Å². The highest BCUT2D eigenvalue weighted by molar-refractivity contribution is 7.89. The summed E-state index contributed by atoms with van der Waals surface area (Å²) in [5.74, 6) is 0. The van der Waals surface area contributed by atoms with Crippen molar-refractivity contribution in [3.05, 3.63) is 59.7 Å². The maximum Gasteiger partial charge on any atom is 0.244 e. The van der Waals surface area contributed by atoms with Crippen molar-refractivity contribution >= 4 is 15.7 Å². The number of rotatable bonds is 4. The second kappa shape index (κ2) is 7.02. The zero-order chi connectivity index (χ0) is 19.1. The van der Waals surface area contributed by atoms with E-state index >= 15 is 0 Å². The van der Waals surface area contributed by atoms with E-state index in [9.17, 15) is 13.5 Å². The van der Waals surface area contributed by atoms with Gasteiger partial charge in [0.25, 0.3) is 0 Å². The summed E-state index contributed by atoms with van der Waals surface area (Å²) in [5.41, 5.74) is 2.57. The summed E-state index contributed by atoms with van der Waals surface area (Å²) in [6, 6.07) is 14.0. The van der Waals surface area contributed by atoms with Gasteiger partial charge in [-0.15, -0.1) is 0 Å². The van der Waals surface area contributed by atoms with Gasteiger partial charge in [-0.25, -0.2) is 8.42 Å². The molecule has 0 saturated carbocycles. The molecule has 2 atom stereocenters. The summed E-state index contributed by atoms with van der Waals surface area (Å²) in [5, 5.41) is 11.0. The van der Waals surface area contributed by atoms with Gasteiger partial charge in [-0.2, -0.15) is 4.31 Å². The first-order valence-corrected chi connectivity index (χ1v) is 10.2. The van der Waals surface area contributed by atoms with E-state index in [1.54, 1.807) is 24.3 Å². The molecule has 2 aromatic carbocycles. The van der Waals surface area contributed by atoms with E-state index in [0.29, 0.717) is 12.0 Å². The smallest absolute Gasteiger partial charge is 0.244 e. The molecule has 0 aliphatic carbocycles. The molecule has 0 spiro atoms. The highest BCUT2D eigenvalue weighted by atomic mass is 32.2. The molecule has 1 aliphatic heterocycles. The third-order valence-electron chi connectivity index (χ3n) is 4.89. The number of aliphatic hydroxyl groups is 1. The van der Waals surface area contributed by atoms with Crippen LogP contribution < -0.4 is 4.90 Å². The third-order valence-corrected chi connectivity index (χ3v) is 7.07. The van der Waals surface area contributed by atoms with E-state index < -0.39 is 22.2 Å². The zero-order valence-corrected chi connectivity index (χ0v) is 16.4. The molecule has 2 aromatic rings. The molecule has 0 radical (unpaired) electrons. The molecule has 0 amide bonds. The van der Waals surface area contributed by atoms with Crippen molar-refractivity contribution in [2.75, 3.05) is 19.0 Å². The molecule has 0 saturated heterocycles. The fourth-order valence-electron chi connectivity index (χ4n) is 3.63. The summed E-state index contributed by atoms with van der Waals surface area (Å²) in [7, 11) is 0.311. The quantitative estimate of drug-likeness (QED) is 0.894. The van der Waals surface area contributed by atoms with E-state index in [0.717, 1.165) is 11.3 Å². The minimum atomic E-state index is -3.64. The van der Waals surface area contributed by atoms with Crippen molar-refractivity contribution in [2.24, 2.45) is 0 Å². The van der Waals surface area contributed by atoms with Crippen LogP contribution in [0.2, 0.25) is 0 Å². The summed E-state index contributed by atoms with van der Waals surface area (Å²) in [4.78, 5) is 2.22. The van der Waals surface area contributed by atoms with Gasteiger partial charge in [0.15, 0.2) is 0 Å². The number of anilines is 1. The number of hydrogen-bond acceptors (Lipinski definition) is 4. The molecule has 1 aliphatic rings. The average molecular weight is 375 g/mol. The molecule has 26 heavy (non-hydrogen) atoms.